The zero-order valence-corrected chi connectivity index (χ0v) is 12.5. The Bertz CT molecular complexity index is 234. The fraction of sp³-hybridized carbons (Fsp3) is 1.00. The molecule has 0 aliphatic carbocycles. The van der Waals surface area contributed by atoms with Crippen molar-refractivity contribution < 1.29 is 0 Å². The normalized spacial score (nSPS) is 28.3. The van der Waals surface area contributed by atoms with Gasteiger partial charge in [0.05, 0.1) is 0 Å². The van der Waals surface area contributed by atoms with E-state index in [1.54, 1.807) is 0 Å². The Labute approximate surface area is 113 Å². The van der Waals surface area contributed by atoms with Gasteiger partial charge in [0.25, 0.3) is 0 Å². The molecule has 2 heterocycles. The molecule has 0 spiro atoms. The maximum absolute atomic E-state index is 3.77. The minimum Gasteiger partial charge on any atom is -0.313 e. The number of nitrogens with zero attached hydrogens (tertiary/aromatic N) is 2. The minimum absolute atomic E-state index is 0.714. The third-order valence-corrected chi connectivity index (χ3v) is 4.77. The van der Waals surface area contributed by atoms with E-state index < -0.39 is 0 Å². The Morgan fingerprint density at radius 2 is 1.83 bits per heavy atom. The van der Waals surface area contributed by atoms with Crippen LogP contribution in [0.2, 0.25) is 0 Å². The van der Waals surface area contributed by atoms with E-state index in [-0.39, 0.29) is 0 Å². The highest BCUT2D eigenvalue weighted by molar-refractivity contribution is 4.83. The summed E-state index contributed by atoms with van der Waals surface area (Å²) >= 11 is 0. The molecule has 0 saturated carbocycles. The zero-order valence-electron chi connectivity index (χ0n) is 12.5. The monoisotopic (exact) mass is 253 g/mol. The summed E-state index contributed by atoms with van der Waals surface area (Å²) in [6.07, 6.45) is 5.53. The van der Waals surface area contributed by atoms with Gasteiger partial charge in [-0.05, 0) is 78.7 Å². The average molecular weight is 253 g/mol. The van der Waals surface area contributed by atoms with Gasteiger partial charge in [0.2, 0.25) is 0 Å². The summed E-state index contributed by atoms with van der Waals surface area (Å²) in [4.78, 5) is 5.05. The first-order chi connectivity index (χ1) is 8.65. The molecule has 0 amide bonds. The van der Waals surface area contributed by atoms with Crippen molar-refractivity contribution in [3.63, 3.8) is 0 Å². The van der Waals surface area contributed by atoms with Crippen LogP contribution in [-0.4, -0.2) is 61.7 Å². The van der Waals surface area contributed by atoms with E-state index in [0.717, 1.165) is 12.0 Å². The highest BCUT2D eigenvalue weighted by Crippen LogP contribution is 2.19. The summed E-state index contributed by atoms with van der Waals surface area (Å²) in [5.41, 5.74) is 0. The number of piperidine rings is 1. The second-order valence-corrected chi connectivity index (χ2v) is 6.56. The van der Waals surface area contributed by atoms with Crippen LogP contribution in [0.4, 0.5) is 0 Å². The van der Waals surface area contributed by atoms with Crippen molar-refractivity contribution in [2.24, 2.45) is 5.92 Å². The number of hydrogen-bond donors (Lipinski definition) is 1. The minimum atomic E-state index is 0.714. The van der Waals surface area contributed by atoms with Crippen LogP contribution in [0.15, 0.2) is 0 Å². The largest absolute Gasteiger partial charge is 0.313 e. The van der Waals surface area contributed by atoms with E-state index in [9.17, 15) is 0 Å². The molecule has 1 N–H and O–H groups in total. The number of hydrogen-bond acceptors (Lipinski definition) is 3. The molecule has 2 aliphatic rings. The molecule has 0 aromatic rings. The fourth-order valence-corrected chi connectivity index (χ4v) is 3.27. The van der Waals surface area contributed by atoms with Gasteiger partial charge in [-0.3, -0.25) is 4.90 Å². The Balaban J connectivity index is 1.56. The molecule has 1 unspecified atom stereocenters. The van der Waals surface area contributed by atoms with Gasteiger partial charge in [0, 0.05) is 18.6 Å². The van der Waals surface area contributed by atoms with Crippen molar-refractivity contribution in [1.29, 1.82) is 0 Å². The second kappa shape index (κ2) is 6.88. The molecule has 2 rings (SSSR count). The summed E-state index contributed by atoms with van der Waals surface area (Å²) < 4.78 is 0. The molecule has 0 radical (unpaired) electrons. The molecule has 2 saturated heterocycles. The number of likely N-dealkylation sites (tertiary alicyclic amines) is 2. The van der Waals surface area contributed by atoms with Crippen molar-refractivity contribution in [3.8, 4) is 0 Å². The van der Waals surface area contributed by atoms with Gasteiger partial charge in [0.1, 0.15) is 0 Å². The van der Waals surface area contributed by atoms with E-state index in [1.807, 2.05) is 0 Å². The Morgan fingerprint density at radius 1 is 1.11 bits per heavy atom. The predicted octanol–water partition coefficient (Wildman–Crippen LogP) is 1.79. The highest BCUT2D eigenvalue weighted by Gasteiger charge is 2.24. The molecular weight excluding hydrogens is 222 g/mol. The summed E-state index contributed by atoms with van der Waals surface area (Å²) in [5, 5.41) is 3.77. The summed E-state index contributed by atoms with van der Waals surface area (Å²) in [6.45, 7) is 11.0. The molecule has 3 heteroatoms. The number of rotatable bonds is 5. The quantitative estimate of drug-likeness (QED) is 0.806. The van der Waals surface area contributed by atoms with Crippen LogP contribution >= 0.6 is 0 Å². The van der Waals surface area contributed by atoms with Gasteiger partial charge in [-0.25, -0.2) is 0 Å². The van der Waals surface area contributed by atoms with Crippen molar-refractivity contribution in [2.45, 2.75) is 51.6 Å². The summed E-state index contributed by atoms with van der Waals surface area (Å²) in [5.74, 6) is 0.969. The highest BCUT2D eigenvalue weighted by atomic mass is 15.2. The molecule has 2 aliphatic heterocycles. The first-order valence-corrected chi connectivity index (χ1v) is 7.81. The SMILES string of the molecule is CC(C)N1CCC(NCCC2CCN(C)CC2)C1. The zero-order chi connectivity index (χ0) is 13.0. The van der Waals surface area contributed by atoms with Crippen LogP contribution in [-0.2, 0) is 0 Å². The van der Waals surface area contributed by atoms with Crippen LogP contribution in [0.25, 0.3) is 0 Å². The van der Waals surface area contributed by atoms with Gasteiger partial charge < -0.3 is 10.2 Å². The average Bonchev–Trinajstić information content (AvgIpc) is 2.81. The lowest BCUT2D eigenvalue weighted by Gasteiger charge is -2.29. The van der Waals surface area contributed by atoms with E-state index in [2.05, 4.69) is 36.0 Å². The molecule has 2 fully saturated rings. The van der Waals surface area contributed by atoms with Crippen LogP contribution in [0.5, 0.6) is 0 Å². The molecule has 0 bridgehead atoms. The third-order valence-electron chi connectivity index (χ3n) is 4.77. The van der Waals surface area contributed by atoms with E-state index in [0.29, 0.717) is 6.04 Å². The smallest absolute Gasteiger partial charge is 0.0207 e. The predicted molar refractivity (Wildman–Crippen MR) is 78.0 cm³/mol. The molecular formula is C15H31N3. The second-order valence-electron chi connectivity index (χ2n) is 6.56. The summed E-state index contributed by atoms with van der Waals surface area (Å²) in [7, 11) is 2.24. The van der Waals surface area contributed by atoms with E-state index in [1.165, 1.54) is 58.4 Å². The van der Waals surface area contributed by atoms with Gasteiger partial charge in [0.15, 0.2) is 0 Å². The van der Waals surface area contributed by atoms with E-state index >= 15 is 0 Å². The van der Waals surface area contributed by atoms with E-state index in [4.69, 9.17) is 0 Å². The van der Waals surface area contributed by atoms with Gasteiger partial charge in [-0.15, -0.1) is 0 Å². The Kier molecular flexibility index (Phi) is 5.46. The standard InChI is InChI=1S/C15H31N3/c1-13(2)18-11-7-15(12-18)16-8-4-14-5-9-17(3)10-6-14/h13-16H,4-12H2,1-3H3. The molecule has 18 heavy (non-hydrogen) atoms. The first kappa shape index (κ1) is 14.3. The fourth-order valence-electron chi connectivity index (χ4n) is 3.27. The van der Waals surface area contributed by atoms with Crippen molar-refractivity contribution in [2.75, 3.05) is 39.8 Å². The van der Waals surface area contributed by atoms with Crippen LogP contribution in [0.1, 0.15) is 39.5 Å². The van der Waals surface area contributed by atoms with Crippen LogP contribution in [0, 0.1) is 5.92 Å². The molecule has 106 valence electrons. The molecule has 3 nitrogen and oxygen atoms in total. The van der Waals surface area contributed by atoms with Crippen molar-refractivity contribution >= 4 is 0 Å². The van der Waals surface area contributed by atoms with Crippen molar-refractivity contribution in [3.05, 3.63) is 0 Å². The maximum atomic E-state index is 3.77. The Hall–Kier alpha value is -0.120. The lowest BCUT2D eigenvalue weighted by molar-refractivity contribution is 0.210. The topological polar surface area (TPSA) is 18.5 Å². The number of nitrogens with one attached hydrogen (secondary N) is 1. The van der Waals surface area contributed by atoms with Gasteiger partial charge in [-0.1, -0.05) is 0 Å². The summed E-state index contributed by atoms with van der Waals surface area (Å²) in [6, 6.07) is 1.46. The first-order valence-electron chi connectivity index (χ1n) is 7.81. The van der Waals surface area contributed by atoms with Gasteiger partial charge in [-0.2, -0.15) is 0 Å². The van der Waals surface area contributed by atoms with Crippen LogP contribution in [0.3, 0.4) is 0 Å². The Morgan fingerprint density at radius 3 is 2.44 bits per heavy atom. The lowest BCUT2D eigenvalue weighted by atomic mass is 9.94. The van der Waals surface area contributed by atoms with Gasteiger partial charge >= 0.3 is 0 Å². The third kappa shape index (κ3) is 4.22. The molecule has 1 atom stereocenters. The molecule has 0 aromatic carbocycles. The van der Waals surface area contributed by atoms with Crippen LogP contribution < -0.4 is 5.32 Å². The molecule has 0 aromatic heterocycles. The maximum Gasteiger partial charge on any atom is 0.0207 e. The van der Waals surface area contributed by atoms with Crippen molar-refractivity contribution in [1.82, 2.24) is 15.1 Å². The lowest BCUT2D eigenvalue weighted by Crippen LogP contribution is -2.37.